The van der Waals surface area contributed by atoms with Crippen molar-refractivity contribution in [1.82, 2.24) is 5.32 Å². The molecule has 2 saturated carbocycles. The predicted molar refractivity (Wildman–Crippen MR) is 139 cm³/mol. The van der Waals surface area contributed by atoms with Gasteiger partial charge in [0.2, 0.25) is 0 Å². The van der Waals surface area contributed by atoms with Gasteiger partial charge in [0, 0.05) is 12.2 Å². The van der Waals surface area contributed by atoms with Gasteiger partial charge in [-0.15, -0.1) is 0 Å². The van der Waals surface area contributed by atoms with E-state index in [0.29, 0.717) is 10.8 Å². The minimum Gasteiger partial charge on any atom is -0.389 e. The Balaban J connectivity index is 1.44. The second kappa shape index (κ2) is 13.1. The molecule has 0 aromatic heterocycles. The Bertz CT molecular complexity index is 545. The standard InChI is InChI=1S/C30H55N/c1-7-21-29(4,5)23-20-25(2)16-12-9-11-15-24-31-26(3)18-19-28-27-17-13-8-10-14-22-30(27,28)6/h27-28,31H,2-3,7-24H2,1,4-6H3/t27?,28-,30?/m0/s1. The lowest BCUT2D eigenvalue weighted by atomic mass is 9.82. The summed E-state index contributed by atoms with van der Waals surface area (Å²) in [5.41, 5.74) is 3.91. The molecule has 1 heteroatoms. The third kappa shape index (κ3) is 9.35. The van der Waals surface area contributed by atoms with Gasteiger partial charge in [0.05, 0.1) is 0 Å². The molecule has 2 aliphatic rings. The van der Waals surface area contributed by atoms with E-state index in [4.69, 9.17) is 0 Å². The third-order valence-electron chi connectivity index (χ3n) is 8.72. The first kappa shape index (κ1) is 26.5. The molecule has 0 aromatic rings. The predicted octanol–water partition coefficient (Wildman–Crippen LogP) is 9.59. The molecule has 1 nitrogen and oxygen atoms in total. The summed E-state index contributed by atoms with van der Waals surface area (Å²) in [5.74, 6) is 2.00. The van der Waals surface area contributed by atoms with Gasteiger partial charge in [-0.25, -0.2) is 0 Å². The van der Waals surface area contributed by atoms with E-state index in [-0.39, 0.29) is 0 Å². The largest absolute Gasteiger partial charge is 0.389 e. The first-order valence-corrected chi connectivity index (χ1v) is 13.9. The van der Waals surface area contributed by atoms with Crippen LogP contribution in [0.2, 0.25) is 0 Å². The third-order valence-corrected chi connectivity index (χ3v) is 8.72. The van der Waals surface area contributed by atoms with Crippen molar-refractivity contribution in [3.8, 4) is 0 Å². The van der Waals surface area contributed by atoms with Crippen LogP contribution in [0.3, 0.4) is 0 Å². The normalized spacial score (nSPS) is 25.9. The summed E-state index contributed by atoms with van der Waals surface area (Å²) in [5, 5.41) is 3.62. The number of fused-ring (bicyclic) bond motifs is 1. The Morgan fingerprint density at radius 2 is 1.68 bits per heavy atom. The lowest BCUT2D eigenvalue weighted by Gasteiger charge is -2.24. The zero-order valence-electron chi connectivity index (χ0n) is 21.8. The van der Waals surface area contributed by atoms with Crippen LogP contribution in [-0.2, 0) is 0 Å². The molecule has 0 radical (unpaired) electrons. The molecule has 0 aliphatic heterocycles. The smallest absolute Gasteiger partial charge is 0.0143 e. The van der Waals surface area contributed by atoms with E-state index in [0.717, 1.165) is 18.4 Å². The van der Waals surface area contributed by atoms with Crippen LogP contribution in [0.4, 0.5) is 0 Å². The molecule has 2 aliphatic carbocycles. The van der Waals surface area contributed by atoms with Crippen LogP contribution in [0, 0.1) is 22.7 Å². The molecule has 3 atom stereocenters. The molecule has 1 N–H and O–H groups in total. The Morgan fingerprint density at radius 3 is 2.45 bits per heavy atom. The van der Waals surface area contributed by atoms with Gasteiger partial charge in [-0.2, -0.15) is 0 Å². The van der Waals surface area contributed by atoms with Crippen molar-refractivity contribution in [3.05, 3.63) is 24.4 Å². The molecule has 0 spiro atoms. The second-order valence-electron chi connectivity index (χ2n) is 12.1. The highest BCUT2D eigenvalue weighted by atomic mass is 14.9. The first-order valence-electron chi connectivity index (χ1n) is 13.9. The fraction of sp³-hybridized carbons (Fsp3) is 0.867. The number of allylic oxidation sites excluding steroid dienone is 2. The van der Waals surface area contributed by atoms with E-state index in [2.05, 4.69) is 46.2 Å². The van der Waals surface area contributed by atoms with Crippen LogP contribution in [-0.4, -0.2) is 6.54 Å². The SMILES string of the molecule is C=C(CCCCCCNC(=C)CC[C@H]1C2CCCCCCC21C)CCC(C)(C)CCC. The zero-order chi connectivity index (χ0) is 22.7. The molecule has 0 bridgehead atoms. The van der Waals surface area contributed by atoms with Gasteiger partial charge in [-0.3, -0.25) is 0 Å². The number of unbranched alkanes of at least 4 members (excludes halogenated alkanes) is 3. The Morgan fingerprint density at radius 1 is 0.935 bits per heavy atom. The molecular weight excluding hydrogens is 374 g/mol. The van der Waals surface area contributed by atoms with Gasteiger partial charge in [0.1, 0.15) is 0 Å². The minimum absolute atomic E-state index is 0.486. The van der Waals surface area contributed by atoms with Gasteiger partial charge in [0.25, 0.3) is 0 Å². The summed E-state index contributed by atoms with van der Waals surface area (Å²) in [7, 11) is 0. The maximum Gasteiger partial charge on any atom is 0.0143 e. The number of rotatable bonds is 16. The average Bonchev–Trinajstić information content (AvgIpc) is 3.25. The summed E-state index contributed by atoms with van der Waals surface area (Å²) in [4.78, 5) is 0. The van der Waals surface area contributed by atoms with Crippen molar-refractivity contribution in [2.45, 2.75) is 137 Å². The molecule has 0 saturated heterocycles. The summed E-state index contributed by atoms with van der Waals surface area (Å²) >= 11 is 0. The lowest BCUT2D eigenvalue weighted by Crippen LogP contribution is -2.14. The highest BCUT2D eigenvalue weighted by molar-refractivity contribution is 5.09. The van der Waals surface area contributed by atoms with E-state index in [9.17, 15) is 0 Å². The zero-order valence-corrected chi connectivity index (χ0v) is 21.8. The van der Waals surface area contributed by atoms with Crippen molar-refractivity contribution in [3.63, 3.8) is 0 Å². The van der Waals surface area contributed by atoms with Gasteiger partial charge < -0.3 is 5.32 Å². The number of hydrogen-bond acceptors (Lipinski definition) is 1. The molecule has 31 heavy (non-hydrogen) atoms. The Hall–Kier alpha value is -0.720. The highest BCUT2D eigenvalue weighted by Gasteiger charge is 2.58. The van der Waals surface area contributed by atoms with Crippen LogP contribution in [0.25, 0.3) is 0 Å². The molecule has 0 aromatic carbocycles. The topological polar surface area (TPSA) is 12.0 Å². The van der Waals surface area contributed by atoms with Crippen LogP contribution in [0.5, 0.6) is 0 Å². The van der Waals surface area contributed by atoms with Crippen LogP contribution in [0.1, 0.15) is 137 Å². The molecule has 180 valence electrons. The molecular formula is C30H55N. The molecule has 2 fully saturated rings. The fourth-order valence-corrected chi connectivity index (χ4v) is 6.40. The quantitative estimate of drug-likeness (QED) is 0.190. The summed E-state index contributed by atoms with van der Waals surface area (Å²) in [6, 6.07) is 0. The fourth-order valence-electron chi connectivity index (χ4n) is 6.40. The maximum atomic E-state index is 4.33. The van der Waals surface area contributed by atoms with Gasteiger partial charge >= 0.3 is 0 Å². The van der Waals surface area contributed by atoms with E-state index in [1.54, 1.807) is 0 Å². The number of nitrogens with one attached hydrogen (secondary N) is 1. The van der Waals surface area contributed by atoms with E-state index in [1.165, 1.54) is 120 Å². The highest BCUT2D eigenvalue weighted by Crippen LogP contribution is 2.66. The maximum absolute atomic E-state index is 4.33. The summed E-state index contributed by atoms with van der Waals surface area (Å²) in [6.07, 6.45) is 23.0. The monoisotopic (exact) mass is 429 g/mol. The van der Waals surface area contributed by atoms with E-state index in [1.807, 2.05) is 0 Å². The van der Waals surface area contributed by atoms with Crippen LogP contribution >= 0.6 is 0 Å². The average molecular weight is 430 g/mol. The van der Waals surface area contributed by atoms with E-state index >= 15 is 0 Å². The van der Waals surface area contributed by atoms with Gasteiger partial charge in [-0.05, 0) is 86.9 Å². The summed E-state index contributed by atoms with van der Waals surface area (Å²) < 4.78 is 0. The van der Waals surface area contributed by atoms with E-state index < -0.39 is 0 Å². The summed E-state index contributed by atoms with van der Waals surface area (Å²) in [6.45, 7) is 19.4. The van der Waals surface area contributed by atoms with Gasteiger partial charge in [-0.1, -0.05) is 91.4 Å². The van der Waals surface area contributed by atoms with Crippen LogP contribution < -0.4 is 5.32 Å². The number of hydrogen-bond donors (Lipinski definition) is 1. The lowest BCUT2D eigenvalue weighted by molar-refractivity contribution is 0.303. The van der Waals surface area contributed by atoms with Crippen LogP contribution in [0.15, 0.2) is 24.4 Å². The Kier molecular flexibility index (Phi) is 11.2. The Labute approximate surface area is 195 Å². The second-order valence-corrected chi connectivity index (χ2v) is 12.1. The van der Waals surface area contributed by atoms with Crippen molar-refractivity contribution in [1.29, 1.82) is 0 Å². The van der Waals surface area contributed by atoms with Crippen molar-refractivity contribution in [2.24, 2.45) is 22.7 Å². The van der Waals surface area contributed by atoms with Crippen molar-refractivity contribution >= 4 is 0 Å². The molecule has 2 unspecified atom stereocenters. The first-order chi connectivity index (χ1) is 14.8. The van der Waals surface area contributed by atoms with Crippen molar-refractivity contribution < 1.29 is 0 Å². The molecule has 0 heterocycles. The van der Waals surface area contributed by atoms with Crippen molar-refractivity contribution in [2.75, 3.05) is 6.54 Å². The molecule has 0 amide bonds. The van der Waals surface area contributed by atoms with Gasteiger partial charge in [0.15, 0.2) is 0 Å². The molecule has 2 rings (SSSR count). The minimum atomic E-state index is 0.486.